The molecule has 1 fully saturated rings. The van der Waals surface area contributed by atoms with Crippen LogP contribution >= 0.6 is 15.9 Å². The number of benzene rings is 1. The summed E-state index contributed by atoms with van der Waals surface area (Å²) in [7, 11) is 0. The van der Waals surface area contributed by atoms with Gasteiger partial charge in [-0.15, -0.1) is 0 Å². The first kappa shape index (κ1) is 13.3. The van der Waals surface area contributed by atoms with Gasteiger partial charge in [0, 0.05) is 6.20 Å². The summed E-state index contributed by atoms with van der Waals surface area (Å²) in [6, 6.07) is 5.90. The second-order valence-electron chi connectivity index (χ2n) is 4.99. The summed E-state index contributed by atoms with van der Waals surface area (Å²) in [5, 5.41) is 13.8. The molecule has 0 spiro atoms. The van der Waals surface area contributed by atoms with Crippen LogP contribution in [0.4, 0.5) is 4.39 Å². The number of halogens is 2. The summed E-state index contributed by atoms with van der Waals surface area (Å²) in [5.41, 5.74) is 0.350. The van der Waals surface area contributed by atoms with Gasteiger partial charge >= 0.3 is 5.97 Å². The third-order valence-electron chi connectivity index (χ3n) is 3.83. The van der Waals surface area contributed by atoms with Crippen LogP contribution in [0.1, 0.15) is 25.0 Å². The number of hydrogen-bond donors (Lipinski definition) is 1. The molecule has 0 atom stereocenters. The highest BCUT2D eigenvalue weighted by molar-refractivity contribution is 9.10. The van der Waals surface area contributed by atoms with Gasteiger partial charge in [-0.25, -0.2) is 9.07 Å². The maximum atomic E-state index is 12.9. The van der Waals surface area contributed by atoms with Gasteiger partial charge in [0.25, 0.3) is 0 Å². The number of aliphatic carboxylic acids is 1. The fourth-order valence-corrected chi connectivity index (χ4v) is 3.14. The van der Waals surface area contributed by atoms with Crippen molar-refractivity contribution < 1.29 is 14.3 Å². The van der Waals surface area contributed by atoms with Gasteiger partial charge in [0.15, 0.2) is 0 Å². The summed E-state index contributed by atoms with van der Waals surface area (Å²) >= 11 is 3.39. The Balaban J connectivity index is 2.03. The molecule has 1 aliphatic rings. The molecule has 1 aromatic heterocycles. The highest BCUT2D eigenvalue weighted by atomic mass is 79.9. The molecule has 0 unspecified atom stereocenters. The minimum absolute atomic E-state index is 0.318. The molecule has 0 amide bonds. The van der Waals surface area contributed by atoms with Crippen molar-refractivity contribution in [1.29, 1.82) is 0 Å². The topological polar surface area (TPSA) is 55.1 Å². The Bertz CT molecular complexity index is 662. The van der Waals surface area contributed by atoms with E-state index in [0.717, 1.165) is 6.42 Å². The van der Waals surface area contributed by atoms with Crippen molar-refractivity contribution in [2.45, 2.75) is 24.7 Å². The lowest BCUT2D eigenvalue weighted by atomic mass is 9.67. The van der Waals surface area contributed by atoms with Crippen molar-refractivity contribution in [3.8, 4) is 5.69 Å². The van der Waals surface area contributed by atoms with Gasteiger partial charge in [0.1, 0.15) is 11.2 Å². The summed E-state index contributed by atoms with van der Waals surface area (Å²) in [5.74, 6) is -1.16. The molecule has 0 bridgehead atoms. The van der Waals surface area contributed by atoms with Crippen LogP contribution in [0.15, 0.2) is 34.9 Å². The van der Waals surface area contributed by atoms with Crippen LogP contribution in [0.2, 0.25) is 0 Å². The maximum absolute atomic E-state index is 12.9. The van der Waals surface area contributed by atoms with Crippen molar-refractivity contribution in [2.24, 2.45) is 0 Å². The van der Waals surface area contributed by atoms with E-state index in [9.17, 15) is 14.3 Å². The zero-order valence-corrected chi connectivity index (χ0v) is 12.1. The average molecular weight is 339 g/mol. The molecule has 0 saturated heterocycles. The molecule has 0 aliphatic heterocycles. The van der Waals surface area contributed by atoms with Gasteiger partial charge in [-0.05, 0) is 53.0 Å². The van der Waals surface area contributed by atoms with Crippen molar-refractivity contribution in [1.82, 2.24) is 9.78 Å². The van der Waals surface area contributed by atoms with Gasteiger partial charge in [-0.2, -0.15) is 5.10 Å². The fraction of sp³-hybridized carbons (Fsp3) is 0.286. The molecule has 1 heterocycles. The van der Waals surface area contributed by atoms with Crippen molar-refractivity contribution in [3.05, 3.63) is 46.4 Å². The van der Waals surface area contributed by atoms with Crippen LogP contribution in [0.25, 0.3) is 5.69 Å². The van der Waals surface area contributed by atoms with E-state index in [1.54, 1.807) is 23.0 Å². The van der Waals surface area contributed by atoms with Crippen molar-refractivity contribution in [3.63, 3.8) is 0 Å². The van der Waals surface area contributed by atoms with Gasteiger partial charge in [0.2, 0.25) is 0 Å². The van der Waals surface area contributed by atoms with Crippen LogP contribution in [0.3, 0.4) is 0 Å². The van der Waals surface area contributed by atoms with Crippen molar-refractivity contribution in [2.75, 3.05) is 0 Å². The molecule has 104 valence electrons. The minimum Gasteiger partial charge on any atom is -0.481 e. The van der Waals surface area contributed by atoms with Crippen LogP contribution in [0.5, 0.6) is 0 Å². The second kappa shape index (κ2) is 4.70. The van der Waals surface area contributed by atoms with E-state index < -0.39 is 11.4 Å². The molecule has 0 radical (unpaired) electrons. The SMILES string of the molecule is O=C(O)C1(c2nn(-c3ccc(F)cc3)cc2Br)CCC1. The molecule has 1 saturated carbocycles. The molecule has 4 nitrogen and oxygen atoms in total. The van der Waals surface area contributed by atoms with E-state index in [1.165, 1.54) is 12.1 Å². The highest BCUT2D eigenvalue weighted by Crippen LogP contribution is 2.45. The second-order valence-corrected chi connectivity index (χ2v) is 5.84. The zero-order chi connectivity index (χ0) is 14.3. The Morgan fingerprint density at radius 3 is 2.50 bits per heavy atom. The van der Waals surface area contributed by atoms with Crippen LogP contribution in [0, 0.1) is 5.82 Å². The quantitative estimate of drug-likeness (QED) is 0.934. The number of carbonyl (C=O) groups is 1. The predicted octanol–water partition coefficient (Wildman–Crippen LogP) is 3.28. The summed E-state index contributed by atoms with van der Waals surface area (Å²) in [6.07, 6.45) is 3.80. The molecule has 6 heteroatoms. The van der Waals surface area contributed by atoms with Crippen LogP contribution < -0.4 is 0 Å². The largest absolute Gasteiger partial charge is 0.481 e. The van der Waals surface area contributed by atoms with E-state index in [4.69, 9.17) is 0 Å². The third-order valence-corrected chi connectivity index (χ3v) is 4.41. The first-order chi connectivity index (χ1) is 9.53. The minimum atomic E-state index is -0.885. The smallest absolute Gasteiger partial charge is 0.315 e. The van der Waals surface area contributed by atoms with Gasteiger partial charge in [0.05, 0.1) is 15.9 Å². The lowest BCUT2D eigenvalue weighted by molar-refractivity contribution is -0.147. The monoisotopic (exact) mass is 338 g/mol. The van der Waals surface area contributed by atoms with E-state index in [2.05, 4.69) is 21.0 Å². The van der Waals surface area contributed by atoms with Gasteiger partial charge in [-0.1, -0.05) is 6.42 Å². The molecular weight excluding hydrogens is 327 g/mol. The lowest BCUT2D eigenvalue weighted by Crippen LogP contribution is -2.43. The van der Waals surface area contributed by atoms with Crippen LogP contribution in [-0.4, -0.2) is 20.9 Å². The normalized spacial score (nSPS) is 16.7. The lowest BCUT2D eigenvalue weighted by Gasteiger charge is -2.36. The molecule has 1 aromatic carbocycles. The van der Waals surface area contributed by atoms with Gasteiger partial charge < -0.3 is 5.11 Å². The number of rotatable bonds is 3. The Labute approximate surface area is 123 Å². The zero-order valence-electron chi connectivity index (χ0n) is 10.5. The van der Waals surface area contributed by atoms with E-state index in [1.807, 2.05) is 0 Å². The predicted molar refractivity (Wildman–Crippen MR) is 74.4 cm³/mol. The summed E-state index contributed by atoms with van der Waals surface area (Å²) in [4.78, 5) is 11.5. The van der Waals surface area contributed by atoms with Crippen molar-refractivity contribution >= 4 is 21.9 Å². The van der Waals surface area contributed by atoms with Gasteiger partial charge in [-0.3, -0.25) is 4.79 Å². The number of aromatic nitrogens is 2. The highest BCUT2D eigenvalue weighted by Gasteiger charge is 2.49. The summed E-state index contributed by atoms with van der Waals surface area (Å²) < 4.78 is 15.2. The maximum Gasteiger partial charge on any atom is 0.315 e. The molecular formula is C14H12BrFN2O2. The third kappa shape index (κ3) is 1.95. The Hall–Kier alpha value is -1.69. The standard InChI is InChI=1S/C14H12BrFN2O2/c15-11-8-18(10-4-2-9(16)3-5-10)17-12(11)14(13(19)20)6-1-7-14/h2-5,8H,1,6-7H2,(H,19,20). The van der Waals surface area contributed by atoms with Crippen LogP contribution in [-0.2, 0) is 10.2 Å². The van der Waals surface area contributed by atoms with E-state index >= 15 is 0 Å². The van der Waals surface area contributed by atoms with E-state index in [0.29, 0.717) is 28.7 Å². The summed E-state index contributed by atoms with van der Waals surface area (Å²) in [6.45, 7) is 0. The number of hydrogen-bond acceptors (Lipinski definition) is 2. The first-order valence-corrected chi connectivity index (χ1v) is 7.07. The molecule has 20 heavy (non-hydrogen) atoms. The Kier molecular flexibility index (Phi) is 3.12. The Morgan fingerprint density at radius 2 is 2.00 bits per heavy atom. The number of nitrogens with zero attached hydrogens (tertiary/aromatic N) is 2. The Morgan fingerprint density at radius 1 is 1.35 bits per heavy atom. The first-order valence-electron chi connectivity index (χ1n) is 6.28. The number of carboxylic acids is 1. The molecule has 1 aliphatic carbocycles. The molecule has 3 rings (SSSR count). The van der Waals surface area contributed by atoms with E-state index in [-0.39, 0.29) is 5.82 Å². The average Bonchev–Trinajstić information content (AvgIpc) is 2.71. The molecule has 2 aromatic rings. The number of carboxylic acid groups (broad SMARTS) is 1. The fourth-order valence-electron chi connectivity index (χ4n) is 2.49. The molecule has 1 N–H and O–H groups in total.